The first kappa shape index (κ1) is 11.9. The van der Waals surface area contributed by atoms with Crippen LogP contribution in [0.25, 0.3) is 0 Å². The predicted octanol–water partition coefficient (Wildman–Crippen LogP) is 1.86. The number of carboxylic acids is 1. The van der Waals surface area contributed by atoms with Crippen LogP contribution >= 0.6 is 0 Å². The van der Waals surface area contributed by atoms with Gasteiger partial charge in [-0.05, 0) is 44.0 Å². The molecule has 1 heterocycles. The summed E-state index contributed by atoms with van der Waals surface area (Å²) in [6.07, 6.45) is 2.41. The largest absolute Gasteiger partial charge is 0.478 e. The molecule has 1 atom stereocenters. The fourth-order valence-corrected chi connectivity index (χ4v) is 2.11. The van der Waals surface area contributed by atoms with Crippen molar-refractivity contribution in [3.8, 4) is 0 Å². The number of hydrogen-bond donors (Lipinski definition) is 3. The molecule has 1 saturated heterocycles. The lowest BCUT2D eigenvalue weighted by atomic mass is 10.1. The molecule has 0 saturated carbocycles. The third-order valence-electron chi connectivity index (χ3n) is 3.19. The molecular formula is C13H18N2O2. The van der Waals surface area contributed by atoms with Crippen LogP contribution in [-0.2, 0) is 0 Å². The molecule has 1 fully saturated rings. The van der Waals surface area contributed by atoms with Gasteiger partial charge in [0.05, 0.1) is 5.56 Å². The number of carbonyl (C=O) groups is 1. The van der Waals surface area contributed by atoms with Crippen molar-refractivity contribution in [1.29, 1.82) is 0 Å². The summed E-state index contributed by atoms with van der Waals surface area (Å²) in [5, 5.41) is 15.7. The minimum Gasteiger partial charge on any atom is -0.478 e. The van der Waals surface area contributed by atoms with Gasteiger partial charge in [0.25, 0.3) is 0 Å². The van der Waals surface area contributed by atoms with Crippen molar-refractivity contribution in [2.75, 3.05) is 18.4 Å². The number of benzene rings is 1. The van der Waals surface area contributed by atoms with Gasteiger partial charge >= 0.3 is 5.97 Å². The van der Waals surface area contributed by atoms with Crippen LogP contribution in [-0.4, -0.2) is 30.2 Å². The molecule has 4 heteroatoms. The fraction of sp³-hybridized carbons (Fsp3) is 0.462. The molecule has 17 heavy (non-hydrogen) atoms. The van der Waals surface area contributed by atoms with E-state index >= 15 is 0 Å². The molecule has 0 bridgehead atoms. The van der Waals surface area contributed by atoms with Gasteiger partial charge < -0.3 is 15.7 Å². The Morgan fingerprint density at radius 3 is 3.06 bits per heavy atom. The molecular weight excluding hydrogens is 216 g/mol. The summed E-state index contributed by atoms with van der Waals surface area (Å²) in [4.78, 5) is 10.9. The van der Waals surface area contributed by atoms with Gasteiger partial charge in [-0.3, -0.25) is 0 Å². The molecule has 0 spiro atoms. The third kappa shape index (κ3) is 2.97. The van der Waals surface area contributed by atoms with Crippen molar-refractivity contribution in [2.24, 2.45) is 0 Å². The van der Waals surface area contributed by atoms with Crippen molar-refractivity contribution in [3.63, 3.8) is 0 Å². The van der Waals surface area contributed by atoms with E-state index < -0.39 is 5.97 Å². The Kier molecular flexibility index (Phi) is 3.64. The van der Waals surface area contributed by atoms with Crippen molar-refractivity contribution in [3.05, 3.63) is 29.3 Å². The molecule has 3 N–H and O–H groups in total. The van der Waals surface area contributed by atoms with Gasteiger partial charge in [-0.25, -0.2) is 4.79 Å². The average molecular weight is 234 g/mol. The van der Waals surface area contributed by atoms with Crippen LogP contribution in [0.4, 0.5) is 5.69 Å². The molecule has 92 valence electrons. The van der Waals surface area contributed by atoms with E-state index in [2.05, 4.69) is 10.6 Å². The standard InChI is InChI=1S/C13H18N2O2/c1-9-4-5-10(13(16)17)7-12(9)15-8-11-3-2-6-14-11/h4-5,7,11,14-15H,2-3,6,8H2,1H3,(H,16,17). The van der Waals surface area contributed by atoms with E-state index in [0.29, 0.717) is 11.6 Å². The fourth-order valence-electron chi connectivity index (χ4n) is 2.11. The number of nitrogens with one attached hydrogen (secondary N) is 2. The first-order chi connectivity index (χ1) is 8.16. The first-order valence-corrected chi connectivity index (χ1v) is 5.98. The first-order valence-electron chi connectivity index (χ1n) is 5.98. The number of carboxylic acid groups (broad SMARTS) is 1. The molecule has 1 aromatic carbocycles. The molecule has 1 unspecified atom stereocenters. The summed E-state index contributed by atoms with van der Waals surface area (Å²) < 4.78 is 0. The molecule has 1 aromatic rings. The zero-order valence-corrected chi connectivity index (χ0v) is 9.99. The van der Waals surface area contributed by atoms with E-state index in [0.717, 1.165) is 24.3 Å². The molecule has 4 nitrogen and oxygen atoms in total. The molecule has 0 amide bonds. The van der Waals surface area contributed by atoms with Crippen molar-refractivity contribution in [1.82, 2.24) is 5.32 Å². The van der Waals surface area contributed by atoms with Crippen LogP contribution in [0.2, 0.25) is 0 Å². The number of aromatic carboxylic acids is 1. The van der Waals surface area contributed by atoms with Crippen LogP contribution in [0.1, 0.15) is 28.8 Å². The highest BCUT2D eigenvalue weighted by atomic mass is 16.4. The average Bonchev–Trinajstić information content (AvgIpc) is 2.80. The summed E-state index contributed by atoms with van der Waals surface area (Å²) in [5.74, 6) is -0.882. The third-order valence-corrected chi connectivity index (χ3v) is 3.19. The van der Waals surface area contributed by atoms with Gasteiger partial charge in [-0.2, -0.15) is 0 Å². The van der Waals surface area contributed by atoms with E-state index in [1.807, 2.05) is 13.0 Å². The van der Waals surface area contributed by atoms with Crippen molar-refractivity contribution in [2.45, 2.75) is 25.8 Å². The summed E-state index contributed by atoms with van der Waals surface area (Å²) in [7, 11) is 0. The Morgan fingerprint density at radius 1 is 1.59 bits per heavy atom. The van der Waals surface area contributed by atoms with E-state index in [4.69, 9.17) is 5.11 Å². The van der Waals surface area contributed by atoms with Crippen LogP contribution in [0.3, 0.4) is 0 Å². The van der Waals surface area contributed by atoms with Gasteiger partial charge in [-0.1, -0.05) is 6.07 Å². The number of anilines is 1. The van der Waals surface area contributed by atoms with Gasteiger partial charge in [0.15, 0.2) is 0 Å². The highest BCUT2D eigenvalue weighted by Crippen LogP contribution is 2.17. The molecule has 0 aliphatic carbocycles. The normalized spacial score (nSPS) is 19.2. The maximum atomic E-state index is 10.9. The topological polar surface area (TPSA) is 61.4 Å². The van der Waals surface area contributed by atoms with Crippen LogP contribution in [0, 0.1) is 6.92 Å². The molecule has 0 aromatic heterocycles. The SMILES string of the molecule is Cc1ccc(C(=O)O)cc1NCC1CCCN1. The summed E-state index contributed by atoms with van der Waals surface area (Å²) >= 11 is 0. The minimum atomic E-state index is -0.882. The zero-order chi connectivity index (χ0) is 12.3. The lowest BCUT2D eigenvalue weighted by molar-refractivity contribution is 0.0697. The van der Waals surface area contributed by atoms with Crippen molar-refractivity contribution < 1.29 is 9.90 Å². The Hall–Kier alpha value is -1.55. The second-order valence-electron chi connectivity index (χ2n) is 4.51. The van der Waals surface area contributed by atoms with Crippen LogP contribution in [0.15, 0.2) is 18.2 Å². The number of aryl methyl sites for hydroxylation is 1. The highest BCUT2D eigenvalue weighted by Gasteiger charge is 2.14. The minimum absolute atomic E-state index is 0.331. The smallest absolute Gasteiger partial charge is 0.335 e. The lowest BCUT2D eigenvalue weighted by Crippen LogP contribution is -2.29. The van der Waals surface area contributed by atoms with Crippen LogP contribution < -0.4 is 10.6 Å². The summed E-state index contributed by atoms with van der Waals surface area (Å²) in [5.41, 5.74) is 2.32. The lowest BCUT2D eigenvalue weighted by Gasteiger charge is -2.14. The predicted molar refractivity (Wildman–Crippen MR) is 67.7 cm³/mol. The Morgan fingerprint density at radius 2 is 2.41 bits per heavy atom. The number of rotatable bonds is 4. The molecule has 1 aliphatic heterocycles. The van der Waals surface area contributed by atoms with Gasteiger partial charge in [0, 0.05) is 18.3 Å². The van der Waals surface area contributed by atoms with E-state index in [-0.39, 0.29) is 0 Å². The second kappa shape index (κ2) is 5.19. The maximum Gasteiger partial charge on any atom is 0.335 e. The number of hydrogen-bond acceptors (Lipinski definition) is 3. The van der Waals surface area contributed by atoms with Gasteiger partial charge in [0.2, 0.25) is 0 Å². The van der Waals surface area contributed by atoms with E-state index in [1.54, 1.807) is 12.1 Å². The summed E-state index contributed by atoms with van der Waals surface area (Å²) in [6.45, 7) is 3.92. The molecule has 1 aliphatic rings. The Bertz CT molecular complexity index is 412. The highest BCUT2D eigenvalue weighted by molar-refractivity contribution is 5.89. The quantitative estimate of drug-likeness (QED) is 0.744. The zero-order valence-electron chi connectivity index (χ0n) is 9.99. The van der Waals surface area contributed by atoms with E-state index in [1.165, 1.54) is 12.8 Å². The molecule has 0 radical (unpaired) electrons. The van der Waals surface area contributed by atoms with E-state index in [9.17, 15) is 4.79 Å². The Labute approximate surface area is 101 Å². The maximum absolute atomic E-state index is 10.9. The van der Waals surface area contributed by atoms with Gasteiger partial charge in [-0.15, -0.1) is 0 Å². The summed E-state index contributed by atoms with van der Waals surface area (Å²) in [6, 6.07) is 5.68. The van der Waals surface area contributed by atoms with Gasteiger partial charge in [0.1, 0.15) is 0 Å². The second-order valence-corrected chi connectivity index (χ2v) is 4.51. The Balaban J connectivity index is 2.03. The van der Waals surface area contributed by atoms with Crippen LogP contribution in [0.5, 0.6) is 0 Å². The van der Waals surface area contributed by atoms with Crippen molar-refractivity contribution >= 4 is 11.7 Å². The monoisotopic (exact) mass is 234 g/mol. The molecule has 2 rings (SSSR count).